The molecule has 1 aromatic carbocycles. The summed E-state index contributed by atoms with van der Waals surface area (Å²) in [7, 11) is 0. The Kier molecular flexibility index (Phi) is 4.86. The van der Waals surface area contributed by atoms with Crippen LogP contribution in [0.5, 0.6) is 5.75 Å². The molecule has 1 unspecified atom stereocenters. The molecule has 0 aliphatic carbocycles. The molecule has 0 spiro atoms. The second-order valence-electron chi connectivity index (χ2n) is 5.77. The molecule has 1 N–H and O–H groups in total. The predicted molar refractivity (Wildman–Crippen MR) is 86.8 cm³/mol. The number of ether oxygens (including phenoxy) is 1. The minimum Gasteiger partial charge on any atom is -0.493 e. The van der Waals surface area contributed by atoms with Crippen LogP contribution in [-0.4, -0.2) is 67.6 Å². The highest BCUT2D eigenvalue weighted by Crippen LogP contribution is 2.23. The number of fused-ring (bicyclic) bond motifs is 3. The van der Waals surface area contributed by atoms with Gasteiger partial charge in [0.25, 0.3) is 5.91 Å². The lowest BCUT2D eigenvalue weighted by atomic mass is 10.1. The second-order valence-corrected chi connectivity index (χ2v) is 6.21. The van der Waals surface area contributed by atoms with E-state index in [4.69, 9.17) is 16.3 Å². The molecule has 22 heavy (non-hydrogen) atoms. The number of nitrogens with zero attached hydrogens (tertiary/aromatic N) is 2. The van der Waals surface area contributed by atoms with E-state index in [0.717, 1.165) is 32.7 Å². The third-order valence-corrected chi connectivity index (χ3v) is 4.61. The van der Waals surface area contributed by atoms with E-state index in [-0.39, 0.29) is 5.91 Å². The molecule has 5 nitrogen and oxygen atoms in total. The van der Waals surface area contributed by atoms with Crippen LogP contribution in [0.4, 0.5) is 0 Å². The van der Waals surface area contributed by atoms with Crippen LogP contribution in [0.1, 0.15) is 17.3 Å². The molecule has 1 amide bonds. The van der Waals surface area contributed by atoms with E-state index in [1.165, 1.54) is 0 Å². The molecule has 4 rings (SSSR count). The Hall–Kier alpha value is -1.30. The van der Waals surface area contributed by atoms with Crippen molar-refractivity contribution in [2.24, 2.45) is 0 Å². The van der Waals surface area contributed by atoms with Gasteiger partial charge in [-0.15, -0.1) is 0 Å². The van der Waals surface area contributed by atoms with Crippen LogP contribution >= 0.6 is 11.6 Å². The summed E-state index contributed by atoms with van der Waals surface area (Å²) in [6.07, 6.45) is 0. The van der Waals surface area contributed by atoms with Crippen molar-refractivity contribution in [1.29, 1.82) is 0 Å². The van der Waals surface area contributed by atoms with Gasteiger partial charge in [-0.3, -0.25) is 14.6 Å². The highest BCUT2D eigenvalue weighted by Gasteiger charge is 2.31. The number of piperazine rings is 3. The fourth-order valence-electron chi connectivity index (χ4n) is 3.18. The zero-order valence-corrected chi connectivity index (χ0v) is 13.6. The van der Waals surface area contributed by atoms with E-state index >= 15 is 0 Å². The van der Waals surface area contributed by atoms with Crippen LogP contribution in [0, 0.1) is 0 Å². The molecule has 3 saturated heterocycles. The van der Waals surface area contributed by atoms with Crippen LogP contribution < -0.4 is 10.1 Å². The zero-order chi connectivity index (χ0) is 15.5. The molecule has 3 fully saturated rings. The first-order chi connectivity index (χ1) is 10.7. The molecular weight excluding hydrogens is 302 g/mol. The Balaban J connectivity index is 1.62. The average Bonchev–Trinajstić information content (AvgIpc) is 2.54. The number of benzene rings is 1. The molecule has 2 bridgehead atoms. The highest BCUT2D eigenvalue weighted by molar-refractivity contribution is 6.30. The Morgan fingerprint density at radius 1 is 1.36 bits per heavy atom. The molecule has 6 heteroatoms. The van der Waals surface area contributed by atoms with Crippen molar-refractivity contribution in [1.82, 2.24) is 15.1 Å². The van der Waals surface area contributed by atoms with Crippen LogP contribution in [0.15, 0.2) is 18.2 Å². The van der Waals surface area contributed by atoms with Crippen molar-refractivity contribution in [3.63, 3.8) is 0 Å². The number of rotatable bonds is 5. The summed E-state index contributed by atoms with van der Waals surface area (Å²) in [5.74, 6) is 0.444. The number of carbonyl (C=O) groups is 1. The van der Waals surface area contributed by atoms with Gasteiger partial charge in [-0.1, -0.05) is 11.6 Å². The molecular formula is C16H22ClN3O2. The Morgan fingerprint density at radius 2 is 2.14 bits per heavy atom. The fraction of sp³-hybridized carbons (Fsp3) is 0.562. The Bertz CT molecular complexity index is 544. The van der Waals surface area contributed by atoms with Gasteiger partial charge in [0.15, 0.2) is 0 Å². The summed E-state index contributed by atoms with van der Waals surface area (Å²) in [5, 5.41) is 3.61. The number of hydrogen-bond acceptors (Lipinski definition) is 4. The Morgan fingerprint density at radius 3 is 2.77 bits per heavy atom. The molecule has 120 valence electrons. The molecule has 3 heterocycles. The normalized spacial score (nSPS) is 26.7. The first-order valence-electron chi connectivity index (χ1n) is 7.84. The van der Waals surface area contributed by atoms with Gasteiger partial charge in [0.1, 0.15) is 5.75 Å². The first kappa shape index (κ1) is 15.6. The summed E-state index contributed by atoms with van der Waals surface area (Å²) >= 11 is 5.97. The predicted octanol–water partition coefficient (Wildman–Crippen LogP) is 1.47. The van der Waals surface area contributed by atoms with Gasteiger partial charge in [-0.2, -0.15) is 0 Å². The minimum absolute atomic E-state index is 0.0993. The van der Waals surface area contributed by atoms with E-state index in [1.807, 2.05) is 6.92 Å². The second kappa shape index (κ2) is 6.86. The molecule has 1 atom stereocenters. The summed E-state index contributed by atoms with van der Waals surface area (Å²) in [5.41, 5.74) is 0.544. The topological polar surface area (TPSA) is 44.8 Å². The van der Waals surface area contributed by atoms with Crippen LogP contribution in [0.2, 0.25) is 5.02 Å². The lowest BCUT2D eigenvalue weighted by Gasteiger charge is -2.47. The molecule has 0 radical (unpaired) electrons. The lowest BCUT2D eigenvalue weighted by Crippen LogP contribution is -2.63. The van der Waals surface area contributed by atoms with E-state index < -0.39 is 0 Å². The zero-order valence-electron chi connectivity index (χ0n) is 12.8. The van der Waals surface area contributed by atoms with Crippen molar-refractivity contribution in [3.8, 4) is 5.75 Å². The van der Waals surface area contributed by atoms with Gasteiger partial charge in [-0.25, -0.2) is 0 Å². The fourth-order valence-corrected chi connectivity index (χ4v) is 3.34. The van der Waals surface area contributed by atoms with Crippen LogP contribution in [0.3, 0.4) is 0 Å². The maximum absolute atomic E-state index is 12.4. The van der Waals surface area contributed by atoms with Crippen molar-refractivity contribution in [2.45, 2.75) is 13.0 Å². The average molecular weight is 324 g/mol. The van der Waals surface area contributed by atoms with Crippen molar-refractivity contribution < 1.29 is 9.53 Å². The maximum Gasteiger partial charge on any atom is 0.255 e. The van der Waals surface area contributed by atoms with Crippen molar-refractivity contribution in [2.75, 3.05) is 45.9 Å². The van der Waals surface area contributed by atoms with E-state index in [9.17, 15) is 4.79 Å². The number of hydrogen-bond donors (Lipinski definition) is 1. The minimum atomic E-state index is -0.0993. The summed E-state index contributed by atoms with van der Waals surface area (Å²) in [6, 6.07) is 5.54. The third kappa shape index (κ3) is 3.37. The van der Waals surface area contributed by atoms with Gasteiger partial charge in [-0.05, 0) is 25.1 Å². The van der Waals surface area contributed by atoms with Crippen LogP contribution in [-0.2, 0) is 0 Å². The van der Waals surface area contributed by atoms with Crippen LogP contribution in [0.25, 0.3) is 0 Å². The quantitative estimate of drug-likeness (QED) is 0.891. The Labute approximate surface area is 136 Å². The largest absolute Gasteiger partial charge is 0.493 e. The van der Waals surface area contributed by atoms with E-state index in [0.29, 0.717) is 35.5 Å². The van der Waals surface area contributed by atoms with Gasteiger partial charge in [0.05, 0.1) is 12.2 Å². The maximum atomic E-state index is 12.4. The molecule has 3 aliphatic heterocycles. The number of halogens is 1. The first-order valence-corrected chi connectivity index (χ1v) is 8.22. The van der Waals surface area contributed by atoms with Gasteiger partial charge >= 0.3 is 0 Å². The highest BCUT2D eigenvalue weighted by atomic mass is 35.5. The molecule has 1 aromatic rings. The van der Waals surface area contributed by atoms with Gasteiger partial charge in [0, 0.05) is 50.3 Å². The summed E-state index contributed by atoms with van der Waals surface area (Å²) < 4.78 is 5.52. The SMILES string of the molecule is CCOc1cc(Cl)ccc1C(=O)NCC1CN2CCN1CC2. The molecule has 0 saturated carbocycles. The third-order valence-electron chi connectivity index (χ3n) is 4.38. The molecule has 0 aromatic heterocycles. The van der Waals surface area contributed by atoms with Gasteiger partial charge < -0.3 is 10.1 Å². The smallest absolute Gasteiger partial charge is 0.255 e. The number of nitrogens with one attached hydrogen (secondary N) is 1. The number of carbonyl (C=O) groups excluding carboxylic acids is 1. The lowest BCUT2D eigenvalue weighted by molar-refractivity contribution is 0.0138. The number of amides is 1. The van der Waals surface area contributed by atoms with Crippen molar-refractivity contribution >= 4 is 17.5 Å². The monoisotopic (exact) mass is 323 g/mol. The molecule has 3 aliphatic rings. The van der Waals surface area contributed by atoms with E-state index in [2.05, 4.69) is 15.1 Å². The standard InChI is InChI=1S/C16H22ClN3O2/c1-2-22-15-9-12(17)3-4-14(15)16(21)18-10-13-11-19-5-7-20(13)8-6-19/h3-4,9,13H,2,5-8,10-11H2,1H3,(H,18,21). The summed E-state index contributed by atoms with van der Waals surface area (Å²) in [4.78, 5) is 17.4. The van der Waals surface area contributed by atoms with Gasteiger partial charge in [0.2, 0.25) is 0 Å². The van der Waals surface area contributed by atoms with E-state index in [1.54, 1.807) is 18.2 Å². The van der Waals surface area contributed by atoms with Crippen molar-refractivity contribution in [3.05, 3.63) is 28.8 Å². The summed E-state index contributed by atoms with van der Waals surface area (Å²) in [6.45, 7) is 8.61.